The first-order valence-corrected chi connectivity index (χ1v) is 7.09. The molecule has 114 valence electrons. The quantitative estimate of drug-likeness (QED) is 0.738. The number of nitrogens with one attached hydrogen (secondary N) is 2. The lowest BCUT2D eigenvalue weighted by Gasteiger charge is -2.30. The lowest BCUT2D eigenvalue weighted by Crippen LogP contribution is -2.47. The average Bonchev–Trinajstić information content (AvgIpc) is 2.50. The lowest BCUT2D eigenvalue weighted by molar-refractivity contribution is -0.137. The number of aliphatic hydroxyl groups excluding tert-OH is 1. The highest BCUT2D eigenvalue weighted by Crippen LogP contribution is 2.23. The van der Waals surface area contributed by atoms with E-state index in [1.807, 2.05) is 0 Å². The molecule has 1 aromatic carbocycles. The molecule has 21 heavy (non-hydrogen) atoms. The van der Waals surface area contributed by atoms with Gasteiger partial charge in [0.2, 0.25) is 0 Å². The molecule has 0 aliphatic heterocycles. The van der Waals surface area contributed by atoms with Crippen LogP contribution in [0.15, 0.2) is 24.3 Å². The third kappa shape index (κ3) is 4.01. The van der Waals surface area contributed by atoms with Gasteiger partial charge in [0, 0.05) is 18.6 Å². The Morgan fingerprint density at radius 2 is 1.90 bits per heavy atom. The topological polar surface area (TPSA) is 78.4 Å². The Labute approximate surface area is 122 Å². The number of para-hydroxylation sites is 1. The van der Waals surface area contributed by atoms with Crippen molar-refractivity contribution in [1.82, 2.24) is 5.32 Å². The van der Waals surface area contributed by atoms with E-state index >= 15 is 0 Å². The van der Waals surface area contributed by atoms with Crippen molar-refractivity contribution in [2.45, 2.75) is 31.7 Å². The van der Waals surface area contributed by atoms with Gasteiger partial charge in [0.05, 0.1) is 5.69 Å². The minimum atomic E-state index is -0.901. The molecule has 0 saturated heterocycles. The highest BCUT2D eigenvalue weighted by atomic mass is 19.1. The molecule has 5 nitrogen and oxygen atoms in total. The molecule has 6 heteroatoms. The van der Waals surface area contributed by atoms with Crippen LogP contribution in [0.25, 0.3) is 0 Å². The summed E-state index contributed by atoms with van der Waals surface area (Å²) in [7, 11) is 0. The van der Waals surface area contributed by atoms with E-state index in [9.17, 15) is 19.1 Å². The van der Waals surface area contributed by atoms with Crippen molar-refractivity contribution in [2.75, 3.05) is 11.9 Å². The molecule has 0 radical (unpaired) electrons. The van der Waals surface area contributed by atoms with E-state index in [1.54, 1.807) is 6.07 Å². The number of carbonyl (C=O) groups is 2. The van der Waals surface area contributed by atoms with Gasteiger partial charge in [-0.05, 0) is 25.0 Å². The molecule has 1 aliphatic rings. The molecular formula is C15H19FN2O3. The second kappa shape index (κ2) is 7.17. The Morgan fingerprint density at radius 3 is 2.62 bits per heavy atom. The Morgan fingerprint density at radius 1 is 1.19 bits per heavy atom. The number of anilines is 1. The summed E-state index contributed by atoms with van der Waals surface area (Å²) in [4.78, 5) is 23.6. The zero-order valence-corrected chi connectivity index (χ0v) is 11.6. The van der Waals surface area contributed by atoms with Crippen molar-refractivity contribution in [3.63, 3.8) is 0 Å². The van der Waals surface area contributed by atoms with Gasteiger partial charge in [-0.3, -0.25) is 9.59 Å². The predicted octanol–water partition coefficient (Wildman–Crippen LogP) is 1.43. The molecule has 0 bridgehead atoms. The fourth-order valence-electron chi connectivity index (χ4n) is 2.59. The summed E-state index contributed by atoms with van der Waals surface area (Å²) in [6, 6.07) is 5.45. The highest BCUT2D eigenvalue weighted by Gasteiger charge is 2.28. The molecule has 0 aromatic heterocycles. The van der Waals surface area contributed by atoms with Gasteiger partial charge in [0.1, 0.15) is 5.82 Å². The molecule has 1 saturated carbocycles. The third-order valence-electron chi connectivity index (χ3n) is 3.79. The SMILES string of the molecule is O=C(Nc1ccccc1F)C(=O)NC1CCCCC1CO. The van der Waals surface area contributed by atoms with E-state index in [4.69, 9.17) is 0 Å². The number of rotatable bonds is 3. The summed E-state index contributed by atoms with van der Waals surface area (Å²) < 4.78 is 13.4. The number of carbonyl (C=O) groups excluding carboxylic acids is 2. The van der Waals surface area contributed by atoms with Crippen LogP contribution in [0.3, 0.4) is 0 Å². The van der Waals surface area contributed by atoms with E-state index in [1.165, 1.54) is 18.2 Å². The van der Waals surface area contributed by atoms with Crippen molar-refractivity contribution in [3.05, 3.63) is 30.1 Å². The van der Waals surface area contributed by atoms with Crippen LogP contribution in [0.4, 0.5) is 10.1 Å². The molecule has 1 fully saturated rings. The maximum absolute atomic E-state index is 13.4. The number of benzene rings is 1. The number of hydrogen-bond acceptors (Lipinski definition) is 3. The van der Waals surface area contributed by atoms with E-state index in [-0.39, 0.29) is 24.3 Å². The van der Waals surface area contributed by atoms with Crippen LogP contribution in [0.5, 0.6) is 0 Å². The van der Waals surface area contributed by atoms with Crippen molar-refractivity contribution >= 4 is 17.5 Å². The monoisotopic (exact) mass is 294 g/mol. The molecule has 2 amide bonds. The van der Waals surface area contributed by atoms with E-state index in [0.29, 0.717) is 0 Å². The number of hydrogen-bond donors (Lipinski definition) is 3. The molecule has 2 atom stereocenters. The summed E-state index contributed by atoms with van der Waals surface area (Å²) in [6.07, 6.45) is 3.54. The average molecular weight is 294 g/mol. The Kier molecular flexibility index (Phi) is 5.27. The highest BCUT2D eigenvalue weighted by molar-refractivity contribution is 6.39. The predicted molar refractivity (Wildman–Crippen MR) is 76.0 cm³/mol. The van der Waals surface area contributed by atoms with Crippen molar-refractivity contribution in [1.29, 1.82) is 0 Å². The molecular weight excluding hydrogens is 275 g/mol. The summed E-state index contributed by atoms with van der Waals surface area (Å²) >= 11 is 0. The van der Waals surface area contributed by atoms with Crippen LogP contribution in [0.2, 0.25) is 0 Å². The minimum absolute atomic E-state index is 0.0140. The number of amides is 2. The van der Waals surface area contributed by atoms with Gasteiger partial charge in [-0.15, -0.1) is 0 Å². The standard InChI is InChI=1S/C15H19FN2O3/c16-11-6-2-4-8-13(11)18-15(21)14(20)17-12-7-3-1-5-10(12)9-19/h2,4,6,8,10,12,19H,1,3,5,7,9H2,(H,17,20)(H,18,21). The lowest BCUT2D eigenvalue weighted by atomic mass is 9.85. The maximum atomic E-state index is 13.4. The summed E-state index contributed by atoms with van der Waals surface area (Å²) in [5.41, 5.74) is -0.0278. The molecule has 0 spiro atoms. The van der Waals surface area contributed by atoms with Crippen LogP contribution >= 0.6 is 0 Å². The Hall–Kier alpha value is -1.95. The molecule has 3 N–H and O–H groups in total. The largest absolute Gasteiger partial charge is 0.396 e. The normalized spacial score (nSPS) is 21.6. The smallest absolute Gasteiger partial charge is 0.313 e. The van der Waals surface area contributed by atoms with Crippen molar-refractivity contribution in [2.24, 2.45) is 5.92 Å². The van der Waals surface area contributed by atoms with Gasteiger partial charge >= 0.3 is 11.8 Å². The fraction of sp³-hybridized carbons (Fsp3) is 0.467. The Balaban J connectivity index is 1.93. The first kappa shape index (κ1) is 15.4. The molecule has 2 unspecified atom stereocenters. The fourth-order valence-corrected chi connectivity index (χ4v) is 2.59. The van der Waals surface area contributed by atoms with Gasteiger partial charge in [-0.1, -0.05) is 25.0 Å². The zero-order valence-electron chi connectivity index (χ0n) is 11.6. The second-order valence-electron chi connectivity index (χ2n) is 5.24. The first-order valence-electron chi connectivity index (χ1n) is 7.09. The van der Waals surface area contributed by atoms with Gasteiger partial charge in [0.25, 0.3) is 0 Å². The Bertz CT molecular complexity index is 521. The van der Waals surface area contributed by atoms with Crippen molar-refractivity contribution in [3.8, 4) is 0 Å². The molecule has 1 aromatic rings. The molecule has 1 aliphatic carbocycles. The summed E-state index contributed by atoms with van der Waals surface area (Å²) in [5.74, 6) is -2.32. The van der Waals surface area contributed by atoms with Crippen LogP contribution in [0.1, 0.15) is 25.7 Å². The van der Waals surface area contributed by atoms with Crippen molar-refractivity contribution < 1.29 is 19.1 Å². The third-order valence-corrected chi connectivity index (χ3v) is 3.79. The van der Waals surface area contributed by atoms with Crippen LogP contribution in [0, 0.1) is 11.7 Å². The second-order valence-corrected chi connectivity index (χ2v) is 5.24. The minimum Gasteiger partial charge on any atom is -0.396 e. The van der Waals surface area contributed by atoms with Gasteiger partial charge < -0.3 is 15.7 Å². The van der Waals surface area contributed by atoms with Crippen LogP contribution in [-0.4, -0.2) is 29.6 Å². The molecule has 2 rings (SSSR count). The van der Waals surface area contributed by atoms with Gasteiger partial charge in [0.15, 0.2) is 0 Å². The van der Waals surface area contributed by atoms with Gasteiger partial charge in [-0.25, -0.2) is 4.39 Å². The van der Waals surface area contributed by atoms with Gasteiger partial charge in [-0.2, -0.15) is 0 Å². The van der Waals surface area contributed by atoms with E-state index < -0.39 is 17.6 Å². The maximum Gasteiger partial charge on any atom is 0.313 e. The number of aliphatic hydroxyl groups is 1. The van der Waals surface area contributed by atoms with E-state index in [2.05, 4.69) is 10.6 Å². The molecule has 0 heterocycles. The van der Waals surface area contributed by atoms with Crippen LogP contribution < -0.4 is 10.6 Å². The summed E-state index contributed by atoms with van der Waals surface area (Å²) in [5, 5.41) is 14.2. The first-order chi connectivity index (χ1) is 10.1. The van der Waals surface area contributed by atoms with E-state index in [0.717, 1.165) is 25.7 Å². The number of halogens is 1. The summed E-state index contributed by atoms with van der Waals surface area (Å²) in [6.45, 7) is -0.0140. The van der Waals surface area contributed by atoms with Crippen LogP contribution in [-0.2, 0) is 9.59 Å². The zero-order chi connectivity index (χ0) is 15.2.